The normalized spacial score (nSPS) is 19.8. The number of carbonyl (C=O) groups excluding carboxylic acids is 1. The van der Waals surface area contributed by atoms with E-state index in [2.05, 4.69) is 22.1 Å². The van der Waals surface area contributed by atoms with Gasteiger partial charge >= 0.3 is 0 Å². The number of aromatic amines is 1. The van der Waals surface area contributed by atoms with Gasteiger partial charge in [0.1, 0.15) is 5.65 Å². The van der Waals surface area contributed by atoms with Crippen molar-refractivity contribution in [3.8, 4) is 0 Å². The van der Waals surface area contributed by atoms with Crippen molar-refractivity contribution in [2.45, 2.75) is 18.4 Å². The van der Waals surface area contributed by atoms with Gasteiger partial charge in [-0.1, -0.05) is 30.3 Å². The quantitative estimate of drug-likeness (QED) is 0.757. The fourth-order valence-electron chi connectivity index (χ4n) is 3.52. The molecule has 1 aliphatic heterocycles. The van der Waals surface area contributed by atoms with Gasteiger partial charge in [-0.2, -0.15) is 0 Å². The van der Waals surface area contributed by atoms with E-state index in [9.17, 15) is 4.79 Å². The number of rotatable bonds is 3. The minimum absolute atomic E-state index is 0. The van der Waals surface area contributed by atoms with Crippen LogP contribution in [0.4, 0.5) is 0 Å². The summed E-state index contributed by atoms with van der Waals surface area (Å²) in [5.41, 5.74) is 9.30. The van der Waals surface area contributed by atoms with E-state index < -0.39 is 0 Å². The molecule has 3 N–H and O–H groups in total. The minimum atomic E-state index is -0.0130. The smallest absolute Gasteiger partial charge is 0.227 e. The van der Waals surface area contributed by atoms with Crippen molar-refractivity contribution in [3.05, 3.63) is 66.0 Å². The number of fused-ring (bicyclic) bond motifs is 1. The maximum Gasteiger partial charge on any atom is 0.227 e. The molecule has 0 radical (unpaired) electrons. The maximum atomic E-state index is 12.7. The molecule has 1 aliphatic rings. The molecule has 130 valence electrons. The number of aromatic nitrogens is 2. The lowest BCUT2D eigenvalue weighted by Gasteiger charge is -2.16. The van der Waals surface area contributed by atoms with Gasteiger partial charge in [0.15, 0.2) is 0 Å². The van der Waals surface area contributed by atoms with Crippen molar-refractivity contribution < 1.29 is 4.79 Å². The van der Waals surface area contributed by atoms with Crippen LogP contribution in [0.3, 0.4) is 0 Å². The number of nitrogens with two attached hydrogens (primary N) is 1. The van der Waals surface area contributed by atoms with Crippen molar-refractivity contribution in [2.75, 3.05) is 13.1 Å². The van der Waals surface area contributed by atoms with Crippen LogP contribution in [0.5, 0.6) is 0 Å². The molecule has 3 aromatic rings. The Kier molecular flexibility index (Phi) is 5.06. The molecule has 0 aliphatic carbocycles. The van der Waals surface area contributed by atoms with Crippen LogP contribution in [-0.4, -0.2) is 39.9 Å². The molecule has 1 fully saturated rings. The highest BCUT2D eigenvalue weighted by atomic mass is 35.5. The fourth-order valence-corrected chi connectivity index (χ4v) is 3.52. The molecule has 4 rings (SSSR count). The van der Waals surface area contributed by atoms with Crippen LogP contribution < -0.4 is 5.73 Å². The van der Waals surface area contributed by atoms with Gasteiger partial charge < -0.3 is 15.6 Å². The van der Waals surface area contributed by atoms with Gasteiger partial charge in [-0.3, -0.25) is 4.79 Å². The summed E-state index contributed by atoms with van der Waals surface area (Å²) < 4.78 is 0. The number of likely N-dealkylation sites (tertiary alicyclic amines) is 1. The van der Waals surface area contributed by atoms with E-state index in [0.29, 0.717) is 19.5 Å². The molecule has 3 heterocycles. The SMILES string of the molecule is Cl.N[C@@H]1CN(C(=O)Cc2c[nH]c3ncccc23)C[C@H]1c1ccccc1. The number of halogens is 1. The average molecular weight is 357 g/mol. The Morgan fingerprint density at radius 1 is 1.20 bits per heavy atom. The van der Waals surface area contributed by atoms with E-state index in [4.69, 9.17) is 5.73 Å². The van der Waals surface area contributed by atoms with Crippen LogP contribution in [0.25, 0.3) is 11.0 Å². The van der Waals surface area contributed by atoms with Crippen molar-refractivity contribution in [1.82, 2.24) is 14.9 Å². The van der Waals surface area contributed by atoms with Crippen LogP contribution in [0.1, 0.15) is 17.0 Å². The van der Waals surface area contributed by atoms with Gasteiger partial charge in [0.25, 0.3) is 0 Å². The standard InChI is InChI=1S/C19H20N4O.ClH/c20-17-12-23(11-16(17)13-5-2-1-3-6-13)18(24)9-14-10-22-19-15(14)7-4-8-21-19;/h1-8,10,16-17H,9,11-12,20H2,(H,21,22);1H/t16-,17+;/m0./s1. The number of carbonyl (C=O) groups is 1. The summed E-state index contributed by atoms with van der Waals surface area (Å²) in [6, 6.07) is 14.1. The van der Waals surface area contributed by atoms with E-state index >= 15 is 0 Å². The highest BCUT2D eigenvalue weighted by Gasteiger charge is 2.33. The molecule has 0 unspecified atom stereocenters. The molecule has 1 aromatic carbocycles. The van der Waals surface area contributed by atoms with Gasteiger partial charge in [0, 0.05) is 42.8 Å². The van der Waals surface area contributed by atoms with Gasteiger partial charge in [-0.05, 0) is 23.3 Å². The van der Waals surface area contributed by atoms with Gasteiger partial charge in [0.2, 0.25) is 5.91 Å². The Balaban J connectivity index is 0.00000182. The van der Waals surface area contributed by atoms with Crippen LogP contribution in [-0.2, 0) is 11.2 Å². The number of hydrogen-bond acceptors (Lipinski definition) is 3. The summed E-state index contributed by atoms with van der Waals surface area (Å²) in [5.74, 6) is 0.327. The summed E-state index contributed by atoms with van der Waals surface area (Å²) in [4.78, 5) is 22.0. The Labute approximate surface area is 152 Å². The van der Waals surface area contributed by atoms with Crippen molar-refractivity contribution >= 4 is 29.3 Å². The Morgan fingerprint density at radius 2 is 2.00 bits per heavy atom. The zero-order chi connectivity index (χ0) is 16.5. The molecule has 1 amide bonds. The topological polar surface area (TPSA) is 75.0 Å². The Hall–Kier alpha value is -2.37. The Morgan fingerprint density at radius 3 is 2.80 bits per heavy atom. The monoisotopic (exact) mass is 356 g/mol. The number of nitrogens with zero attached hydrogens (tertiary/aromatic N) is 2. The lowest BCUT2D eigenvalue weighted by Crippen LogP contribution is -2.33. The van der Waals surface area contributed by atoms with Crippen LogP contribution in [0.2, 0.25) is 0 Å². The van der Waals surface area contributed by atoms with E-state index in [1.54, 1.807) is 6.20 Å². The van der Waals surface area contributed by atoms with E-state index in [1.165, 1.54) is 5.56 Å². The van der Waals surface area contributed by atoms with Gasteiger partial charge in [-0.25, -0.2) is 4.98 Å². The molecule has 2 atom stereocenters. The first kappa shape index (κ1) is 17.5. The first-order valence-electron chi connectivity index (χ1n) is 8.21. The molecule has 5 nitrogen and oxygen atoms in total. The van der Waals surface area contributed by atoms with Crippen LogP contribution in [0.15, 0.2) is 54.9 Å². The number of pyridine rings is 1. The first-order valence-corrected chi connectivity index (χ1v) is 8.21. The predicted molar refractivity (Wildman–Crippen MR) is 101 cm³/mol. The third-order valence-corrected chi connectivity index (χ3v) is 4.82. The lowest BCUT2D eigenvalue weighted by atomic mass is 9.95. The molecule has 6 heteroatoms. The highest BCUT2D eigenvalue weighted by molar-refractivity contribution is 5.87. The summed E-state index contributed by atoms with van der Waals surface area (Å²) in [6.45, 7) is 1.30. The average Bonchev–Trinajstić information content (AvgIpc) is 3.20. The highest BCUT2D eigenvalue weighted by Crippen LogP contribution is 2.27. The summed E-state index contributed by atoms with van der Waals surface area (Å²) in [7, 11) is 0. The number of benzene rings is 1. The fraction of sp³-hybridized carbons (Fsp3) is 0.263. The molecule has 1 saturated heterocycles. The van der Waals surface area contributed by atoms with Crippen LogP contribution in [0, 0.1) is 0 Å². The van der Waals surface area contributed by atoms with E-state index in [1.807, 2.05) is 41.4 Å². The molecule has 25 heavy (non-hydrogen) atoms. The molecular formula is C19H21ClN4O. The molecule has 0 bridgehead atoms. The number of nitrogens with one attached hydrogen (secondary N) is 1. The first-order chi connectivity index (χ1) is 11.7. The maximum absolute atomic E-state index is 12.7. The predicted octanol–water partition coefficient (Wildman–Crippen LogP) is 2.48. The van der Waals surface area contributed by atoms with Crippen molar-refractivity contribution in [3.63, 3.8) is 0 Å². The second kappa shape index (κ2) is 7.25. The number of hydrogen-bond donors (Lipinski definition) is 2. The second-order valence-electron chi connectivity index (χ2n) is 6.37. The number of H-pyrrole nitrogens is 1. The third kappa shape index (κ3) is 3.38. The summed E-state index contributed by atoms with van der Waals surface area (Å²) >= 11 is 0. The third-order valence-electron chi connectivity index (χ3n) is 4.82. The largest absolute Gasteiger partial charge is 0.346 e. The molecule has 2 aromatic heterocycles. The lowest BCUT2D eigenvalue weighted by molar-refractivity contribution is -0.129. The van der Waals surface area contributed by atoms with Crippen molar-refractivity contribution in [2.24, 2.45) is 5.73 Å². The van der Waals surface area contributed by atoms with Crippen LogP contribution >= 0.6 is 12.4 Å². The second-order valence-corrected chi connectivity index (χ2v) is 6.37. The Bertz CT molecular complexity index is 864. The summed E-state index contributed by atoms with van der Waals surface area (Å²) in [5, 5.41) is 1.01. The summed E-state index contributed by atoms with van der Waals surface area (Å²) in [6.07, 6.45) is 3.99. The molecule has 0 spiro atoms. The zero-order valence-electron chi connectivity index (χ0n) is 13.8. The zero-order valence-corrected chi connectivity index (χ0v) is 14.6. The molecular weight excluding hydrogens is 336 g/mol. The molecule has 0 saturated carbocycles. The number of amides is 1. The van der Waals surface area contributed by atoms with Crippen molar-refractivity contribution in [1.29, 1.82) is 0 Å². The van der Waals surface area contributed by atoms with Gasteiger partial charge in [-0.15, -0.1) is 12.4 Å². The van der Waals surface area contributed by atoms with E-state index in [0.717, 1.165) is 16.6 Å². The minimum Gasteiger partial charge on any atom is -0.346 e. The van der Waals surface area contributed by atoms with Gasteiger partial charge in [0.05, 0.1) is 6.42 Å². The van der Waals surface area contributed by atoms with E-state index in [-0.39, 0.29) is 30.3 Å².